The number of fused-ring (bicyclic) bond motifs is 1. The smallest absolute Gasteiger partial charge is 0.257 e. The van der Waals surface area contributed by atoms with Crippen LogP contribution < -0.4 is 20.1 Å². The van der Waals surface area contributed by atoms with Gasteiger partial charge in [-0.1, -0.05) is 0 Å². The lowest BCUT2D eigenvalue weighted by molar-refractivity contribution is 0.102. The molecule has 0 aliphatic carbocycles. The Kier molecular flexibility index (Phi) is 4.82. The van der Waals surface area contributed by atoms with Crippen LogP contribution in [-0.4, -0.2) is 29.1 Å². The second-order valence-electron chi connectivity index (χ2n) is 5.98. The molecule has 136 valence electrons. The summed E-state index contributed by atoms with van der Waals surface area (Å²) < 4.78 is 11.0. The minimum atomic E-state index is -0.244. The second-order valence-corrected chi connectivity index (χ2v) is 5.98. The summed E-state index contributed by atoms with van der Waals surface area (Å²) in [6.07, 6.45) is 6.70. The van der Waals surface area contributed by atoms with Crippen molar-refractivity contribution in [3.05, 3.63) is 72.3 Å². The van der Waals surface area contributed by atoms with Crippen LogP contribution in [0.15, 0.2) is 61.2 Å². The van der Waals surface area contributed by atoms with Gasteiger partial charge in [0.2, 0.25) is 0 Å². The quantitative estimate of drug-likeness (QED) is 0.725. The van der Waals surface area contributed by atoms with E-state index in [-0.39, 0.29) is 5.91 Å². The van der Waals surface area contributed by atoms with Crippen LogP contribution >= 0.6 is 0 Å². The fraction of sp³-hybridized carbons (Fsp3) is 0.150. The van der Waals surface area contributed by atoms with E-state index in [2.05, 4.69) is 20.6 Å². The Morgan fingerprint density at radius 1 is 0.926 bits per heavy atom. The van der Waals surface area contributed by atoms with E-state index in [4.69, 9.17) is 9.47 Å². The van der Waals surface area contributed by atoms with Gasteiger partial charge in [-0.3, -0.25) is 14.8 Å². The summed E-state index contributed by atoms with van der Waals surface area (Å²) >= 11 is 0. The molecule has 0 fully saturated rings. The molecule has 0 bridgehead atoms. The van der Waals surface area contributed by atoms with Crippen LogP contribution in [0.5, 0.6) is 11.5 Å². The molecule has 0 saturated heterocycles. The number of benzene rings is 1. The second kappa shape index (κ2) is 7.74. The fourth-order valence-corrected chi connectivity index (χ4v) is 2.69. The van der Waals surface area contributed by atoms with E-state index in [1.165, 1.54) is 6.20 Å². The highest BCUT2D eigenvalue weighted by molar-refractivity contribution is 6.04. The summed E-state index contributed by atoms with van der Waals surface area (Å²) in [6.45, 7) is 1.65. The first-order chi connectivity index (χ1) is 13.3. The van der Waals surface area contributed by atoms with Crippen molar-refractivity contribution in [1.29, 1.82) is 0 Å². The van der Waals surface area contributed by atoms with Crippen LogP contribution in [0, 0.1) is 0 Å². The number of hydrogen-bond acceptors (Lipinski definition) is 6. The molecule has 4 rings (SSSR count). The Balaban J connectivity index is 1.43. The van der Waals surface area contributed by atoms with Crippen molar-refractivity contribution < 1.29 is 14.3 Å². The summed E-state index contributed by atoms with van der Waals surface area (Å²) in [5.41, 5.74) is 2.96. The molecule has 27 heavy (non-hydrogen) atoms. The normalized spacial score (nSPS) is 12.3. The van der Waals surface area contributed by atoms with Crippen LogP contribution in [0.3, 0.4) is 0 Å². The molecule has 0 spiro atoms. The lowest BCUT2D eigenvalue weighted by Gasteiger charge is -2.19. The molecule has 2 N–H and O–H groups in total. The van der Waals surface area contributed by atoms with E-state index in [0.717, 1.165) is 11.3 Å². The number of carbonyl (C=O) groups is 1. The van der Waals surface area contributed by atoms with Crippen molar-refractivity contribution in [1.82, 2.24) is 9.97 Å². The SMILES string of the molecule is O=C(Nc1ccc2c(c1)OCCO2)c1cncc(NCc2ccncc2)c1. The maximum atomic E-state index is 12.5. The lowest BCUT2D eigenvalue weighted by Crippen LogP contribution is -2.16. The monoisotopic (exact) mass is 362 g/mol. The fourth-order valence-electron chi connectivity index (χ4n) is 2.69. The zero-order valence-corrected chi connectivity index (χ0v) is 14.5. The van der Waals surface area contributed by atoms with Gasteiger partial charge in [-0.05, 0) is 35.9 Å². The Morgan fingerprint density at radius 2 is 1.74 bits per heavy atom. The topological polar surface area (TPSA) is 85.4 Å². The van der Waals surface area contributed by atoms with Gasteiger partial charge in [0.25, 0.3) is 5.91 Å². The van der Waals surface area contributed by atoms with Gasteiger partial charge in [-0.2, -0.15) is 0 Å². The number of rotatable bonds is 5. The highest BCUT2D eigenvalue weighted by atomic mass is 16.6. The van der Waals surface area contributed by atoms with Gasteiger partial charge in [-0.15, -0.1) is 0 Å². The molecule has 1 amide bonds. The lowest BCUT2D eigenvalue weighted by atomic mass is 10.2. The van der Waals surface area contributed by atoms with Gasteiger partial charge in [0.05, 0.1) is 11.3 Å². The number of hydrogen-bond donors (Lipinski definition) is 2. The summed E-state index contributed by atoms with van der Waals surface area (Å²) in [7, 11) is 0. The van der Waals surface area contributed by atoms with Gasteiger partial charge >= 0.3 is 0 Å². The Bertz CT molecular complexity index is 947. The highest BCUT2D eigenvalue weighted by Gasteiger charge is 2.14. The van der Waals surface area contributed by atoms with Crippen LogP contribution in [0.4, 0.5) is 11.4 Å². The zero-order chi connectivity index (χ0) is 18.5. The van der Waals surface area contributed by atoms with Gasteiger partial charge < -0.3 is 20.1 Å². The van der Waals surface area contributed by atoms with Crippen molar-refractivity contribution in [3.8, 4) is 11.5 Å². The van der Waals surface area contributed by atoms with E-state index in [1.54, 1.807) is 42.9 Å². The van der Waals surface area contributed by atoms with E-state index in [9.17, 15) is 4.79 Å². The molecule has 0 radical (unpaired) electrons. The van der Waals surface area contributed by atoms with Crippen LogP contribution in [-0.2, 0) is 6.54 Å². The molecule has 0 atom stereocenters. The number of nitrogens with one attached hydrogen (secondary N) is 2. The van der Waals surface area contributed by atoms with Gasteiger partial charge in [0, 0.05) is 43.1 Å². The first-order valence-electron chi connectivity index (χ1n) is 8.57. The van der Waals surface area contributed by atoms with Crippen molar-refractivity contribution in [2.45, 2.75) is 6.54 Å². The number of nitrogens with zero attached hydrogens (tertiary/aromatic N) is 2. The summed E-state index contributed by atoms with van der Waals surface area (Å²) in [4.78, 5) is 20.7. The molecule has 1 aromatic carbocycles. The standard InChI is InChI=1S/C20H18N4O3/c25-20(24-16-1-2-18-19(10-16)27-8-7-26-18)15-9-17(13-22-12-15)23-11-14-3-5-21-6-4-14/h1-6,9-10,12-13,23H,7-8,11H2,(H,24,25). The van der Waals surface area contributed by atoms with Gasteiger partial charge in [0.1, 0.15) is 13.2 Å². The average Bonchev–Trinajstić information content (AvgIpc) is 2.73. The molecular formula is C20H18N4O3. The number of carbonyl (C=O) groups excluding carboxylic acids is 1. The van der Waals surface area contributed by atoms with E-state index in [1.807, 2.05) is 12.1 Å². The van der Waals surface area contributed by atoms with Crippen LogP contribution in [0.25, 0.3) is 0 Å². The molecular weight excluding hydrogens is 344 g/mol. The van der Waals surface area contributed by atoms with Crippen molar-refractivity contribution >= 4 is 17.3 Å². The minimum absolute atomic E-state index is 0.244. The average molecular weight is 362 g/mol. The number of anilines is 2. The zero-order valence-electron chi connectivity index (χ0n) is 14.5. The van der Waals surface area contributed by atoms with Crippen LogP contribution in [0.2, 0.25) is 0 Å². The maximum absolute atomic E-state index is 12.5. The number of aromatic nitrogens is 2. The molecule has 3 heterocycles. The Labute approximate surface area is 156 Å². The summed E-state index contributed by atoms with van der Waals surface area (Å²) in [5.74, 6) is 1.07. The molecule has 0 unspecified atom stereocenters. The summed E-state index contributed by atoms with van der Waals surface area (Å²) in [6, 6.07) is 10.9. The molecule has 3 aromatic rings. The van der Waals surface area contributed by atoms with Crippen molar-refractivity contribution in [2.24, 2.45) is 0 Å². The highest BCUT2D eigenvalue weighted by Crippen LogP contribution is 2.32. The molecule has 7 nitrogen and oxygen atoms in total. The predicted octanol–water partition coefficient (Wildman–Crippen LogP) is 3.11. The third-order valence-corrected chi connectivity index (χ3v) is 4.05. The molecule has 1 aliphatic heterocycles. The number of pyridine rings is 2. The largest absolute Gasteiger partial charge is 0.486 e. The minimum Gasteiger partial charge on any atom is -0.486 e. The Hall–Kier alpha value is -3.61. The molecule has 1 aliphatic rings. The predicted molar refractivity (Wildman–Crippen MR) is 101 cm³/mol. The third-order valence-electron chi connectivity index (χ3n) is 4.05. The molecule has 0 saturated carbocycles. The summed E-state index contributed by atoms with van der Waals surface area (Å²) in [5, 5.41) is 6.11. The van der Waals surface area contributed by atoms with E-state index >= 15 is 0 Å². The first-order valence-corrected chi connectivity index (χ1v) is 8.57. The maximum Gasteiger partial charge on any atom is 0.257 e. The van der Waals surface area contributed by atoms with E-state index < -0.39 is 0 Å². The van der Waals surface area contributed by atoms with Crippen LogP contribution in [0.1, 0.15) is 15.9 Å². The van der Waals surface area contributed by atoms with Crippen molar-refractivity contribution in [2.75, 3.05) is 23.8 Å². The van der Waals surface area contributed by atoms with Gasteiger partial charge in [-0.25, -0.2) is 0 Å². The van der Waals surface area contributed by atoms with E-state index in [0.29, 0.717) is 42.5 Å². The van der Waals surface area contributed by atoms with Crippen molar-refractivity contribution in [3.63, 3.8) is 0 Å². The molecule has 2 aromatic heterocycles. The number of amides is 1. The van der Waals surface area contributed by atoms with Gasteiger partial charge in [0.15, 0.2) is 11.5 Å². The number of ether oxygens (including phenoxy) is 2. The molecule has 7 heteroatoms. The third kappa shape index (κ3) is 4.14. The Morgan fingerprint density at radius 3 is 2.59 bits per heavy atom. The first kappa shape index (κ1) is 16.8.